The molecule has 2 aromatic rings. The Kier molecular flexibility index (Phi) is 5.28. The predicted molar refractivity (Wildman–Crippen MR) is 108 cm³/mol. The van der Waals surface area contributed by atoms with E-state index in [0.29, 0.717) is 17.1 Å². The van der Waals surface area contributed by atoms with Crippen LogP contribution in [0.1, 0.15) is 41.2 Å². The molecule has 2 fully saturated rings. The van der Waals surface area contributed by atoms with Crippen molar-refractivity contribution in [2.75, 3.05) is 19.9 Å². The first-order valence-electron chi connectivity index (χ1n) is 10.4. The Morgan fingerprint density at radius 1 is 1.03 bits per heavy atom. The Morgan fingerprint density at radius 2 is 1.80 bits per heavy atom. The van der Waals surface area contributed by atoms with E-state index in [2.05, 4.69) is 21.1 Å². The molecular weight excluding hydrogens is 387 g/mol. The zero-order valence-corrected chi connectivity index (χ0v) is 16.6. The minimum Gasteiger partial charge on any atom is -0.454 e. The number of benzene rings is 2. The van der Waals surface area contributed by atoms with Crippen molar-refractivity contribution in [1.29, 1.82) is 0 Å². The van der Waals surface area contributed by atoms with E-state index in [4.69, 9.17) is 9.47 Å². The molecule has 3 N–H and O–H groups in total. The fourth-order valence-corrected chi connectivity index (χ4v) is 4.35. The second-order valence-corrected chi connectivity index (χ2v) is 8.00. The number of rotatable bonds is 4. The van der Waals surface area contributed by atoms with Crippen LogP contribution in [0.15, 0.2) is 42.5 Å². The van der Waals surface area contributed by atoms with Gasteiger partial charge in [0.15, 0.2) is 11.5 Å². The molecule has 5 rings (SSSR count). The molecule has 8 heteroatoms. The summed E-state index contributed by atoms with van der Waals surface area (Å²) in [7, 11) is 0. The van der Waals surface area contributed by atoms with Crippen molar-refractivity contribution in [1.82, 2.24) is 21.1 Å². The number of fused-ring (bicyclic) bond motifs is 1. The number of likely N-dealkylation sites (tertiary alicyclic amines) is 1. The van der Waals surface area contributed by atoms with Gasteiger partial charge < -0.3 is 14.8 Å². The third-order valence-corrected chi connectivity index (χ3v) is 6.10. The Bertz CT molecular complexity index is 915. The number of hydrogen-bond donors (Lipinski definition) is 3. The van der Waals surface area contributed by atoms with Gasteiger partial charge in [0, 0.05) is 30.7 Å². The maximum absolute atomic E-state index is 13.1. The van der Waals surface area contributed by atoms with Gasteiger partial charge in [0.25, 0.3) is 5.91 Å². The summed E-state index contributed by atoms with van der Waals surface area (Å²) in [5, 5.41) is 3.14. The summed E-state index contributed by atoms with van der Waals surface area (Å²) < 4.78 is 23.8. The zero-order valence-electron chi connectivity index (χ0n) is 16.6. The summed E-state index contributed by atoms with van der Waals surface area (Å²) in [6.07, 6.45) is 2.94. The van der Waals surface area contributed by atoms with E-state index in [9.17, 15) is 9.18 Å². The van der Waals surface area contributed by atoms with Crippen molar-refractivity contribution in [3.63, 3.8) is 0 Å². The van der Waals surface area contributed by atoms with Crippen LogP contribution in [0.3, 0.4) is 0 Å². The first-order valence-corrected chi connectivity index (χ1v) is 10.4. The Hall–Kier alpha value is -2.68. The maximum Gasteiger partial charge on any atom is 0.251 e. The largest absolute Gasteiger partial charge is 0.454 e. The lowest BCUT2D eigenvalue weighted by atomic mass is 10.0. The van der Waals surface area contributed by atoms with Gasteiger partial charge >= 0.3 is 0 Å². The fraction of sp³-hybridized carbons (Fsp3) is 0.409. The third-order valence-electron chi connectivity index (χ3n) is 6.10. The standard InChI is InChI=1S/C22H25FN4O3/c23-16-4-1-14(2-5-16)18-12-21(26-25-18)27-9-7-17(8-10-27)24-22(28)15-3-6-19-20(11-15)30-13-29-19/h1-6,11,17-18,21,25-26H,7-10,12-13H2,(H,24,28). The van der Waals surface area contributed by atoms with Gasteiger partial charge in [-0.2, -0.15) is 0 Å². The molecule has 158 valence electrons. The van der Waals surface area contributed by atoms with Crippen molar-refractivity contribution < 1.29 is 18.7 Å². The highest BCUT2D eigenvalue weighted by Gasteiger charge is 2.32. The molecule has 2 unspecified atom stereocenters. The van der Waals surface area contributed by atoms with E-state index in [1.165, 1.54) is 12.1 Å². The van der Waals surface area contributed by atoms with Gasteiger partial charge in [0.05, 0.1) is 6.17 Å². The third kappa shape index (κ3) is 3.98. The second kappa shape index (κ2) is 8.22. The molecule has 0 aromatic heterocycles. The summed E-state index contributed by atoms with van der Waals surface area (Å²) in [5.41, 5.74) is 8.35. The summed E-state index contributed by atoms with van der Waals surface area (Å²) >= 11 is 0. The van der Waals surface area contributed by atoms with Crippen LogP contribution in [0.5, 0.6) is 11.5 Å². The van der Waals surface area contributed by atoms with Crippen LogP contribution in [0.4, 0.5) is 4.39 Å². The first kappa shape index (κ1) is 19.3. The molecule has 30 heavy (non-hydrogen) atoms. The van der Waals surface area contributed by atoms with E-state index in [-0.39, 0.29) is 36.8 Å². The highest BCUT2D eigenvalue weighted by atomic mass is 19.1. The first-order chi connectivity index (χ1) is 14.7. The molecule has 3 aliphatic rings. The van der Waals surface area contributed by atoms with Crippen LogP contribution in [-0.2, 0) is 0 Å². The van der Waals surface area contributed by atoms with Gasteiger partial charge in [-0.3, -0.25) is 9.69 Å². The van der Waals surface area contributed by atoms with Gasteiger partial charge in [0.2, 0.25) is 6.79 Å². The number of halogens is 1. The quantitative estimate of drug-likeness (QED) is 0.716. The monoisotopic (exact) mass is 412 g/mol. The van der Waals surface area contributed by atoms with Gasteiger partial charge in [-0.1, -0.05) is 12.1 Å². The smallest absolute Gasteiger partial charge is 0.251 e. The van der Waals surface area contributed by atoms with Gasteiger partial charge in [0.1, 0.15) is 5.82 Å². The maximum atomic E-state index is 13.1. The zero-order chi connectivity index (χ0) is 20.5. The molecule has 3 heterocycles. The van der Waals surface area contributed by atoms with Crippen LogP contribution in [0, 0.1) is 5.82 Å². The number of hydrogen-bond acceptors (Lipinski definition) is 6. The number of ether oxygens (including phenoxy) is 2. The van der Waals surface area contributed by atoms with Crippen molar-refractivity contribution >= 4 is 5.91 Å². The van der Waals surface area contributed by atoms with Crippen molar-refractivity contribution in [2.24, 2.45) is 0 Å². The van der Waals surface area contributed by atoms with E-state index in [0.717, 1.165) is 37.9 Å². The molecule has 2 atom stereocenters. The lowest BCUT2D eigenvalue weighted by molar-refractivity contribution is 0.0879. The minimum atomic E-state index is -0.217. The SMILES string of the molecule is O=C(NC1CCN(C2CC(c3ccc(F)cc3)NN2)CC1)c1ccc2c(c1)OCO2. The van der Waals surface area contributed by atoms with Crippen LogP contribution >= 0.6 is 0 Å². The second-order valence-electron chi connectivity index (χ2n) is 8.00. The van der Waals surface area contributed by atoms with E-state index < -0.39 is 0 Å². The molecule has 0 bridgehead atoms. The molecule has 0 aliphatic carbocycles. The highest BCUT2D eigenvalue weighted by molar-refractivity contribution is 5.95. The topological polar surface area (TPSA) is 74.9 Å². The molecule has 2 aromatic carbocycles. The Morgan fingerprint density at radius 3 is 2.60 bits per heavy atom. The van der Waals surface area contributed by atoms with Crippen molar-refractivity contribution in [2.45, 2.75) is 37.5 Å². The highest BCUT2D eigenvalue weighted by Crippen LogP contribution is 2.32. The number of piperidine rings is 1. The van der Waals surface area contributed by atoms with Gasteiger partial charge in [-0.15, -0.1) is 0 Å². The Balaban J connectivity index is 1.11. The van der Waals surface area contributed by atoms with Crippen molar-refractivity contribution in [3.8, 4) is 11.5 Å². The van der Waals surface area contributed by atoms with Crippen molar-refractivity contribution in [3.05, 3.63) is 59.4 Å². The average molecular weight is 412 g/mol. The molecule has 0 spiro atoms. The minimum absolute atomic E-state index is 0.0798. The number of hydrazine groups is 1. The molecular formula is C22H25FN4O3. The lowest BCUT2D eigenvalue weighted by Crippen LogP contribution is -2.51. The van der Waals surface area contributed by atoms with Crippen LogP contribution < -0.4 is 25.6 Å². The average Bonchev–Trinajstić information content (AvgIpc) is 3.44. The molecule has 2 saturated heterocycles. The van der Waals surface area contributed by atoms with Gasteiger partial charge in [-0.05, 0) is 55.2 Å². The van der Waals surface area contributed by atoms with Crippen LogP contribution in [0.25, 0.3) is 0 Å². The van der Waals surface area contributed by atoms with E-state index >= 15 is 0 Å². The fourth-order valence-electron chi connectivity index (χ4n) is 4.35. The van der Waals surface area contributed by atoms with Crippen LogP contribution in [0.2, 0.25) is 0 Å². The summed E-state index contributed by atoms with van der Waals surface area (Å²) in [4.78, 5) is 15.0. The number of amides is 1. The normalized spacial score (nSPS) is 24.2. The summed E-state index contributed by atoms with van der Waals surface area (Å²) in [6.45, 7) is 2.01. The Labute approximate surface area is 174 Å². The van der Waals surface area contributed by atoms with E-state index in [1.54, 1.807) is 18.2 Å². The number of carbonyl (C=O) groups is 1. The van der Waals surface area contributed by atoms with Gasteiger partial charge in [-0.25, -0.2) is 15.2 Å². The molecule has 1 amide bonds. The molecule has 7 nitrogen and oxygen atoms in total. The summed E-state index contributed by atoms with van der Waals surface area (Å²) in [5.74, 6) is 0.999. The lowest BCUT2D eigenvalue weighted by Gasteiger charge is -2.35. The predicted octanol–water partition coefficient (Wildman–Crippen LogP) is 2.31. The molecule has 0 saturated carbocycles. The molecule has 3 aliphatic heterocycles. The summed E-state index contributed by atoms with van der Waals surface area (Å²) in [6, 6.07) is 12.2. The number of nitrogens with one attached hydrogen (secondary N) is 3. The number of nitrogens with zero attached hydrogens (tertiary/aromatic N) is 1. The molecule has 0 radical (unpaired) electrons. The van der Waals surface area contributed by atoms with Crippen LogP contribution in [-0.4, -0.2) is 42.9 Å². The number of carbonyl (C=O) groups excluding carboxylic acids is 1. The van der Waals surface area contributed by atoms with E-state index in [1.807, 2.05) is 12.1 Å².